The molecule has 1 amide bonds. The molecule has 1 saturated heterocycles. The van der Waals surface area contributed by atoms with Gasteiger partial charge in [-0.15, -0.1) is 0 Å². The van der Waals surface area contributed by atoms with E-state index in [4.69, 9.17) is 14.7 Å². The predicted octanol–water partition coefficient (Wildman–Crippen LogP) is 2.44. The van der Waals surface area contributed by atoms with Gasteiger partial charge in [-0.2, -0.15) is 0 Å². The first-order chi connectivity index (χ1) is 13.7. The number of carbonyl (C=O) groups excluding carboxylic acids is 1. The summed E-state index contributed by atoms with van der Waals surface area (Å²) in [5.74, 6) is 1.77. The summed E-state index contributed by atoms with van der Waals surface area (Å²) in [6.07, 6.45) is 5.78. The normalized spacial score (nSPS) is 19.0. The molecule has 0 N–H and O–H groups in total. The van der Waals surface area contributed by atoms with Crippen LogP contribution in [-0.2, 0) is 22.5 Å². The van der Waals surface area contributed by atoms with E-state index in [2.05, 4.69) is 16.8 Å². The molecule has 1 fully saturated rings. The first kappa shape index (κ1) is 18.8. The van der Waals surface area contributed by atoms with E-state index < -0.39 is 0 Å². The number of amides is 1. The monoisotopic (exact) mass is 381 g/mol. The van der Waals surface area contributed by atoms with E-state index in [0.717, 1.165) is 68.3 Å². The maximum absolute atomic E-state index is 12.4. The summed E-state index contributed by atoms with van der Waals surface area (Å²) >= 11 is 0. The van der Waals surface area contributed by atoms with Crippen molar-refractivity contribution in [3.8, 4) is 0 Å². The molecular formula is C21H27N5O2. The summed E-state index contributed by atoms with van der Waals surface area (Å²) in [6, 6.07) is 5.93. The Kier molecular flexibility index (Phi) is 5.52. The summed E-state index contributed by atoms with van der Waals surface area (Å²) < 4.78 is 5.05. The van der Waals surface area contributed by atoms with E-state index in [1.54, 1.807) is 7.11 Å². The molecular weight excluding hydrogens is 354 g/mol. The molecule has 4 rings (SSSR count). The van der Waals surface area contributed by atoms with Crippen molar-refractivity contribution in [1.29, 1.82) is 0 Å². The van der Waals surface area contributed by atoms with Crippen molar-refractivity contribution in [2.45, 2.75) is 45.2 Å². The van der Waals surface area contributed by atoms with Crippen LogP contribution in [0, 0.1) is 6.92 Å². The molecule has 4 heterocycles. The minimum absolute atomic E-state index is 0.00863. The zero-order valence-corrected chi connectivity index (χ0v) is 16.6. The highest BCUT2D eigenvalue weighted by Gasteiger charge is 2.33. The van der Waals surface area contributed by atoms with E-state index in [-0.39, 0.29) is 18.6 Å². The van der Waals surface area contributed by atoms with Gasteiger partial charge in [0.15, 0.2) is 5.82 Å². The minimum atomic E-state index is -0.0646. The number of fused-ring (bicyclic) bond motifs is 1. The highest BCUT2D eigenvalue weighted by molar-refractivity contribution is 5.78. The fraction of sp³-hybridized carbons (Fsp3) is 0.524. The maximum Gasteiger partial charge on any atom is 0.249 e. The Morgan fingerprint density at radius 1 is 1.25 bits per heavy atom. The lowest BCUT2D eigenvalue weighted by molar-refractivity contribution is -0.136. The van der Waals surface area contributed by atoms with Crippen LogP contribution in [-0.4, -0.2) is 52.6 Å². The van der Waals surface area contributed by atoms with Crippen LogP contribution in [0.25, 0.3) is 0 Å². The largest absolute Gasteiger partial charge is 0.375 e. The van der Waals surface area contributed by atoms with Crippen LogP contribution in [0.3, 0.4) is 0 Å². The summed E-state index contributed by atoms with van der Waals surface area (Å²) in [6.45, 7) is 4.60. The highest BCUT2D eigenvalue weighted by Crippen LogP contribution is 2.34. The molecule has 2 aliphatic heterocycles. The zero-order chi connectivity index (χ0) is 19.5. The van der Waals surface area contributed by atoms with Crippen LogP contribution in [0.2, 0.25) is 0 Å². The number of nitrogens with zero attached hydrogens (tertiary/aromatic N) is 5. The molecule has 2 aromatic rings. The number of aromatic nitrogens is 3. The molecule has 0 radical (unpaired) electrons. The highest BCUT2D eigenvalue weighted by atomic mass is 16.5. The van der Waals surface area contributed by atoms with Crippen LogP contribution < -0.4 is 4.90 Å². The topological polar surface area (TPSA) is 71.5 Å². The van der Waals surface area contributed by atoms with Crippen molar-refractivity contribution in [2.75, 3.05) is 31.7 Å². The Labute approximate surface area is 165 Å². The second-order valence-electron chi connectivity index (χ2n) is 7.49. The van der Waals surface area contributed by atoms with Gasteiger partial charge in [-0.25, -0.2) is 9.97 Å². The van der Waals surface area contributed by atoms with E-state index >= 15 is 0 Å². The lowest BCUT2D eigenvalue weighted by atomic mass is 10.0. The summed E-state index contributed by atoms with van der Waals surface area (Å²) in [5.41, 5.74) is 3.28. The molecule has 7 heteroatoms. The van der Waals surface area contributed by atoms with Crippen molar-refractivity contribution in [3.05, 3.63) is 47.2 Å². The van der Waals surface area contributed by atoms with Crippen molar-refractivity contribution in [2.24, 2.45) is 0 Å². The second-order valence-corrected chi connectivity index (χ2v) is 7.49. The molecule has 0 aromatic carbocycles. The van der Waals surface area contributed by atoms with Crippen LogP contribution in [0.15, 0.2) is 24.4 Å². The quantitative estimate of drug-likeness (QED) is 0.792. The maximum atomic E-state index is 12.4. The summed E-state index contributed by atoms with van der Waals surface area (Å²) in [4.78, 5) is 30.9. The van der Waals surface area contributed by atoms with Gasteiger partial charge in [-0.05, 0) is 44.7 Å². The lowest BCUT2D eigenvalue weighted by Gasteiger charge is -2.32. The van der Waals surface area contributed by atoms with Gasteiger partial charge in [0, 0.05) is 37.7 Å². The lowest BCUT2D eigenvalue weighted by Crippen LogP contribution is -2.35. The molecule has 0 spiro atoms. The fourth-order valence-electron chi connectivity index (χ4n) is 4.24. The minimum Gasteiger partial charge on any atom is -0.375 e. The number of carbonyl (C=O) groups is 1. The summed E-state index contributed by atoms with van der Waals surface area (Å²) in [5, 5.41) is 0. The average molecular weight is 381 g/mol. The molecule has 0 bridgehead atoms. The van der Waals surface area contributed by atoms with Crippen LogP contribution in [0.4, 0.5) is 5.82 Å². The Morgan fingerprint density at radius 3 is 2.93 bits per heavy atom. The van der Waals surface area contributed by atoms with Crippen LogP contribution in [0.5, 0.6) is 0 Å². The van der Waals surface area contributed by atoms with Gasteiger partial charge in [0.05, 0.1) is 18.3 Å². The number of methoxy groups -OCH3 is 1. The Hall–Kier alpha value is -2.54. The van der Waals surface area contributed by atoms with E-state index in [1.807, 2.05) is 29.3 Å². The first-order valence-corrected chi connectivity index (χ1v) is 9.98. The number of hydrogen-bond acceptors (Lipinski definition) is 6. The smallest absolute Gasteiger partial charge is 0.249 e. The molecule has 0 aliphatic carbocycles. The number of pyridine rings is 1. The predicted molar refractivity (Wildman–Crippen MR) is 106 cm³/mol. The van der Waals surface area contributed by atoms with Gasteiger partial charge in [0.2, 0.25) is 5.91 Å². The van der Waals surface area contributed by atoms with Crippen molar-refractivity contribution in [1.82, 2.24) is 19.9 Å². The molecule has 2 aliphatic rings. The third-order valence-electron chi connectivity index (χ3n) is 5.58. The molecule has 148 valence electrons. The molecule has 2 aromatic heterocycles. The van der Waals surface area contributed by atoms with Crippen molar-refractivity contribution >= 4 is 11.7 Å². The van der Waals surface area contributed by atoms with E-state index in [0.29, 0.717) is 0 Å². The molecule has 1 unspecified atom stereocenters. The van der Waals surface area contributed by atoms with Gasteiger partial charge in [0.25, 0.3) is 0 Å². The molecule has 7 nitrogen and oxygen atoms in total. The molecule has 0 saturated carbocycles. The SMILES string of the molecule is COCC(=O)N1CCCC1c1nc(C)c2c(n1)N(Cc1ccccn1)CCC2. The second kappa shape index (κ2) is 8.22. The summed E-state index contributed by atoms with van der Waals surface area (Å²) in [7, 11) is 1.55. The number of rotatable bonds is 5. The van der Waals surface area contributed by atoms with Crippen LogP contribution >= 0.6 is 0 Å². The Morgan fingerprint density at radius 2 is 2.14 bits per heavy atom. The molecule has 28 heavy (non-hydrogen) atoms. The fourth-order valence-corrected chi connectivity index (χ4v) is 4.24. The first-order valence-electron chi connectivity index (χ1n) is 9.98. The van der Waals surface area contributed by atoms with E-state index in [1.165, 1.54) is 5.56 Å². The third-order valence-corrected chi connectivity index (χ3v) is 5.58. The van der Waals surface area contributed by atoms with Crippen LogP contribution in [0.1, 0.15) is 48.1 Å². The average Bonchev–Trinajstić information content (AvgIpc) is 3.19. The number of likely N-dealkylation sites (tertiary alicyclic amines) is 1. The number of anilines is 1. The molecule has 1 atom stereocenters. The number of aryl methyl sites for hydroxylation is 1. The van der Waals surface area contributed by atoms with Gasteiger partial charge < -0.3 is 14.5 Å². The third kappa shape index (κ3) is 3.71. The van der Waals surface area contributed by atoms with E-state index in [9.17, 15) is 4.79 Å². The van der Waals surface area contributed by atoms with Gasteiger partial charge in [-0.1, -0.05) is 6.07 Å². The van der Waals surface area contributed by atoms with Gasteiger partial charge in [-0.3, -0.25) is 9.78 Å². The zero-order valence-electron chi connectivity index (χ0n) is 16.6. The Bertz CT molecular complexity index is 842. The Balaban J connectivity index is 1.65. The standard InChI is InChI=1S/C21H27N5O2/c1-15-17-8-5-11-25(13-16-7-3-4-10-22-16)21(17)24-20(23-15)18-9-6-12-26(18)19(27)14-28-2/h3-4,7,10,18H,5-6,8-9,11-14H2,1-2H3. The van der Waals surface area contributed by atoms with Crippen molar-refractivity contribution in [3.63, 3.8) is 0 Å². The van der Waals surface area contributed by atoms with Gasteiger partial charge in [0.1, 0.15) is 12.4 Å². The van der Waals surface area contributed by atoms with Crippen molar-refractivity contribution < 1.29 is 9.53 Å². The number of hydrogen-bond donors (Lipinski definition) is 0. The number of ether oxygens (including phenoxy) is 1. The van der Waals surface area contributed by atoms with Gasteiger partial charge >= 0.3 is 0 Å².